The number of hydrogen-bond donors (Lipinski definition) is 0. The molecule has 112 valence electrons. The molecule has 0 radical (unpaired) electrons. The van der Waals surface area contributed by atoms with Crippen LogP contribution in [0.2, 0.25) is 5.02 Å². The molecular weight excluding hydrogens is 337 g/mol. The molecule has 0 atom stereocenters. The second-order valence-corrected chi connectivity index (χ2v) is 5.83. The van der Waals surface area contributed by atoms with Gasteiger partial charge in [0.2, 0.25) is 0 Å². The van der Waals surface area contributed by atoms with Gasteiger partial charge in [-0.05, 0) is 29.7 Å². The van der Waals surface area contributed by atoms with Crippen molar-refractivity contribution in [3.63, 3.8) is 0 Å². The maximum Gasteiger partial charge on any atom is 0.142 e. The zero-order chi connectivity index (χ0) is 15.5. The van der Waals surface area contributed by atoms with E-state index in [0.717, 1.165) is 0 Å². The second-order valence-electron chi connectivity index (χ2n) is 4.92. The highest BCUT2D eigenvalue weighted by Gasteiger charge is 2.34. The lowest BCUT2D eigenvalue weighted by molar-refractivity contribution is 0.489. The Morgan fingerprint density at radius 3 is 2.10 bits per heavy atom. The molecule has 0 amide bonds. The highest BCUT2D eigenvalue weighted by Crippen LogP contribution is 2.35. The number of alkyl halides is 2. The van der Waals surface area contributed by atoms with Crippen molar-refractivity contribution < 1.29 is 8.78 Å². The van der Waals surface area contributed by atoms with E-state index in [1.807, 2.05) is 0 Å². The number of rotatable bonds is 5. The van der Waals surface area contributed by atoms with Crippen LogP contribution in [0.5, 0.6) is 0 Å². The van der Waals surface area contributed by atoms with E-state index in [9.17, 15) is 8.78 Å². The molecule has 0 saturated carbocycles. The monoisotopic (exact) mass is 348 g/mol. The molecule has 0 aliphatic carbocycles. The molecule has 0 fully saturated rings. The maximum atomic E-state index is 14.1. The van der Waals surface area contributed by atoms with Gasteiger partial charge in [-0.1, -0.05) is 41.9 Å². The molecule has 0 N–H and O–H groups in total. The number of halogens is 5. The standard InChI is InChI=1S/C16H13Cl3F2/c17-9-16(10-18,12-5-1-2-6-13(12)20)8-11-4-3-7-14(21)15(11)19/h1-7H,8-10H2. The highest BCUT2D eigenvalue weighted by molar-refractivity contribution is 6.31. The molecule has 0 nitrogen and oxygen atoms in total. The Bertz CT molecular complexity index is 625. The van der Waals surface area contributed by atoms with E-state index in [2.05, 4.69) is 0 Å². The molecule has 0 aliphatic heterocycles. The Balaban J connectivity index is 2.49. The van der Waals surface area contributed by atoms with Crippen LogP contribution in [0.25, 0.3) is 0 Å². The van der Waals surface area contributed by atoms with Gasteiger partial charge in [0.05, 0.1) is 5.02 Å². The molecule has 0 bridgehead atoms. The van der Waals surface area contributed by atoms with Crippen LogP contribution in [0, 0.1) is 11.6 Å². The fourth-order valence-electron chi connectivity index (χ4n) is 2.31. The molecule has 2 rings (SSSR count). The van der Waals surface area contributed by atoms with Crippen LogP contribution in [-0.4, -0.2) is 11.8 Å². The van der Waals surface area contributed by atoms with E-state index in [1.165, 1.54) is 12.1 Å². The number of hydrogen-bond acceptors (Lipinski definition) is 0. The van der Waals surface area contributed by atoms with Crippen LogP contribution in [0.3, 0.4) is 0 Å². The first kappa shape index (κ1) is 16.5. The summed E-state index contributed by atoms with van der Waals surface area (Å²) < 4.78 is 27.7. The Hall–Kier alpha value is -0.830. The van der Waals surface area contributed by atoms with Crippen LogP contribution in [0.1, 0.15) is 11.1 Å². The Kier molecular flexibility index (Phi) is 5.48. The van der Waals surface area contributed by atoms with Crippen LogP contribution in [0.4, 0.5) is 8.78 Å². The predicted molar refractivity (Wildman–Crippen MR) is 84.6 cm³/mol. The molecule has 0 aromatic heterocycles. The minimum absolute atomic E-state index is 0.0217. The van der Waals surface area contributed by atoms with Crippen molar-refractivity contribution in [3.8, 4) is 0 Å². The summed E-state index contributed by atoms with van der Waals surface area (Å²) in [5.41, 5.74) is 0.128. The lowest BCUT2D eigenvalue weighted by Gasteiger charge is -2.31. The molecule has 0 saturated heterocycles. The molecule has 21 heavy (non-hydrogen) atoms. The van der Waals surface area contributed by atoms with Gasteiger partial charge in [0.1, 0.15) is 11.6 Å². The fourth-order valence-corrected chi connectivity index (χ4v) is 3.27. The zero-order valence-corrected chi connectivity index (χ0v) is 13.3. The third-order valence-corrected chi connectivity index (χ3v) is 4.96. The van der Waals surface area contributed by atoms with Crippen LogP contribution < -0.4 is 0 Å². The van der Waals surface area contributed by atoms with Gasteiger partial charge in [0.15, 0.2) is 0 Å². The van der Waals surface area contributed by atoms with Gasteiger partial charge in [0.25, 0.3) is 0 Å². The van der Waals surface area contributed by atoms with E-state index in [0.29, 0.717) is 11.1 Å². The van der Waals surface area contributed by atoms with E-state index in [-0.39, 0.29) is 29.0 Å². The predicted octanol–water partition coefficient (Wildman–Crippen LogP) is 5.58. The summed E-state index contributed by atoms with van der Waals surface area (Å²) in [6.45, 7) is 0. The normalized spacial score (nSPS) is 11.7. The second kappa shape index (κ2) is 6.95. The Labute approximate surface area is 137 Å². The van der Waals surface area contributed by atoms with Crippen molar-refractivity contribution >= 4 is 34.8 Å². The SMILES string of the molecule is Fc1ccccc1C(CCl)(CCl)Cc1cccc(F)c1Cl. The summed E-state index contributed by atoms with van der Waals surface area (Å²) in [7, 11) is 0. The molecule has 0 heterocycles. The first-order valence-corrected chi connectivity index (χ1v) is 7.78. The summed E-state index contributed by atoms with van der Waals surface area (Å²) in [6, 6.07) is 10.9. The van der Waals surface area contributed by atoms with Crippen molar-refractivity contribution in [2.75, 3.05) is 11.8 Å². The summed E-state index contributed by atoms with van der Waals surface area (Å²) in [5, 5.41) is 0.0217. The van der Waals surface area contributed by atoms with E-state index >= 15 is 0 Å². The largest absolute Gasteiger partial charge is 0.207 e. The summed E-state index contributed by atoms with van der Waals surface area (Å²) in [4.78, 5) is 0. The quantitative estimate of drug-likeness (QED) is 0.618. The van der Waals surface area contributed by atoms with Crippen LogP contribution >= 0.6 is 34.8 Å². The molecule has 0 spiro atoms. The van der Waals surface area contributed by atoms with Gasteiger partial charge in [0, 0.05) is 17.2 Å². The Morgan fingerprint density at radius 1 is 0.857 bits per heavy atom. The van der Waals surface area contributed by atoms with Gasteiger partial charge in [-0.3, -0.25) is 0 Å². The third kappa shape index (κ3) is 3.33. The summed E-state index contributed by atoms with van der Waals surface area (Å²) in [5.74, 6) is -0.693. The zero-order valence-electron chi connectivity index (χ0n) is 11.1. The first-order chi connectivity index (χ1) is 10.0. The van der Waals surface area contributed by atoms with Crippen molar-refractivity contribution in [2.45, 2.75) is 11.8 Å². The van der Waals surface area contributed by atoms with Crippen molar-refractivity contribution in [3.05, 3.63) is 70.2 Å². The first-order valence-electron chi connectivity index (χ1n) is 6.34. The van der Waals surface area contributed by atoms with Gasteiger partial charge in [-0.25, -0.2) is 8.78 Å². The lowest BCUT2D eigenvalue weighted by atomic mass is 9.78. The molecule has 0 unspecified atom stereocenters. The van der Waals surface area contributed by atoms with Gasteiger partial charge in [-0.2, -0.15) is 0 Å². The maximum absolute atomic E-state index is 14.1. The summed E-state index contributed by atoms with van der Waals surface area (Å²) >= 11 is 18.2. The topological polar surface area (TPSA) is 0 Å². The molecule has 2 aromatic carbocycles. The molecule has 5 heteroatoms. The van der Waals surface area contributed by atoms with Crippen molar-refractivity contribution in [1.29, 1.82) is 0 Å². The molecule has 2 aromatic rings. The Morgan fingerprint density at radius 2 is 1.48 bits per heavy atom. The van der Waals surface area contributed by atoms with E-state index in [1.54, 1.807) is 30.3 Å². The average Bonchev–Trinajstić information content (AvgIpc) is 2.50. The van der Waals surface area contributed by atoms with Gasteiger partial charge >= 0.3 is 0 Å². The van der Waals surface area contributed by atoms with Gasteiger partial charge in [-0.15, -0.1) is 23.2 Å². The average molecular weight is 350 g/mol. The van der Waals surface area contributed by atoms with Gasteiger partial charge < -0.3 is 0 Å². The molecule has 0 aliphatic rings. The van der Waals surface area contributed by atoms with E-state index in [4.69, 9.17) is 34.8 Å². The fraction of sp³-hybridized carbons (Fsp3) is 0.250. The van der Waals surface area contributed by atoms with Crippen molar-refractivity contribution in [2.24, 2.45) is 0 Å². The third-order valence-electron chi connectivity index (χ3n) is 3.52. The molecular formula is C16H13Cl3F2. The minimum Gasteiger partial charge on any atom is -0.207 e. The van der Waals surface area contributed by atoms with E-state index < -0.39 is 11.2 Å². The lowest BCUT2D eigenvalue weighted by Crippen LogP contribution is -2.34. The highest BCUT2D eigenvalue weighted by atomic mass is 35.5. The smallest absolute Gasteiger partial charge is 0.142 e. The van der Waals surface area contributed by atoms with Crippen LogP contribution in [0.15, 0.2) is 42.5 Å². The van der Waals surface area contributed by atoms with Crippen LogP contribution in [-0.2, 0) is 11.8 Å². The minimum atomic E-state index is -0.841. The van der Waals surface area contributed by atoms with Crippen molar-refractivity contribution in [1.82, 2.24) is 0 Å². The number of benzene rings is 2. The summed E-state index contributed by atoms with van der Waals surface area (Å²) in [6.07, 6.45) is 0.261.